The maximum absolute atomic E-state index is 13.4. The average molecular weight is 542 g/mol. The molecule has 6 nitrogen and oxygen atoms in total. The van der Waals surface area contributed by atoms with Crippen molar-refractivity contribution in [2.24, 2.45) is 0 Å². The Hall–Kier alpha value is -2.29. The van der Waals surface area contributed by atoms with Gasteiger partial charge >= 0.3 is 0 Å². The number of carbonyl (C=O) groups excluding carboxylic acids is 3. The second-order valence-corrected chi connectivity index (χ2v) is 9.79. The molecule has 3 aromatic rings. The number of methoxy groups -OCH3 is 1. The molecule has 168 valence electrons. The maximum Gasteiger partial charge on any atom is 0.264 e. The summed E-state index contributed by atoms with van der Waals surface area (Å²) in [4.78, 5) is 43.4. The maximum atomic E-state index is 13.4. The van der Waals surface area contributed by atoms with Crippen molar-refractivity contribution in [2.75, 3.05) is 12.0 Å². The first-order valence-corrected chi connectivity index (χ1v) is 11.9. The molecule has 1 fully saturated rings. The largest absolute Gasteiger partial charge is 0.497 e. The molecule has 3 heterocycles. The van der Waals surface area contributed by atoms with Crippen LogP contribution in [-0.2, 0) is 4.79 Å². The van der Waals surface area contributed by atoms with Crippen LogP contribution in [0, 0.1) is 0 Å². The second kappa shape index (κ2) is 8.18. The van der Waals surface area contributed by atoms with Gasteiger partial charge in [-0.15, -0.1) is 11.3 Å². The standard InChI is InChI=1S/C22H12Cl4N2O4S/c1-32-10-5-2-4-9(8-10)27-18(11-6-3-7-33-11)19(22(27)31)28-20(29)12-13(21(28)30)15(24)17(26)16(25)14(12)23/h2-8,18-19H,1H3/t18-,19-/m0/s1. The molecular weight excluding hydrogens is 530 g/mol. The normalized spacial score (nSPS) is 19.7. The van der Waals surface area contributed by atoms with Crippen molar-refractivity contribution in [2.45, 2.75) is 12.1 Å². The molecule has 3 amide bonds. The number of imide groups is 1. The van der Waals surface area contributed by atoms with Gasteiger partial charge in [-0.2, -0.15) is 0 Å². The summed E-state index contributed by atoms with van der Waals surface area (Å²) < 4.78 is 5.28. The van der Waals surface area contributed by atoms with Crippen molar-refractivity contribution in [3.63, 3.8) is 0 Å². The zero-order valence-corrected chi connectivity index (χ0v) is 20.5. The number of amides is 3. The number of anilines is 1. The SMILES string of the molecule is COc1cccc(N2C(=O)[C@@H](N3C(=O)c4c(Cl)c(Cl)c(Cl)c(Cl)c4C3=O)[C@@H]2c2cccs2)c1. The average Bonchev–Trinajstić information content (AvgIpc) is 3.42. The van der Waals surface area contributed by atoms with Crippen LogP contribution in [0.5, 0.6) is 5.75 Å². The summed E-state index contributed by atoms with van der Waals surface area (Å²) in [6.07, 6.45) is 0. The highest BCUT2D eigenvalue weighted by Gasteiger charge is 2.58. The predicted molar refractivity (Wildman–Crippen MR) is 128 cm³/mol. The molecule has 2 aliphatic heterocycles. The third kappa shape index (κ3) is 3.18. The van der Waals surface area contributed by atoms with E-state index in [0.717, 1.165) is 9.78 Å². The van der Waals surface area contributed by atoms with Crippen molar-refractivity contribution in [3.05, 3.63) is 77.9 Å². The van der Waals surface area contributed by atoms with E-state index in [4.69, 9.17) is 51.1 Å². The topological polar surface area (TPSA) is 66.9 Å². The van der Waals surface area contributed by atoms with Gasteiger partial charge in [0.15, 0.2) is 0 Å². The number of hydrogen-bond acceptors (Lipinski definition) is 5. The lowest BCUT2D eigenvalue weighted by atomic mass is 9.90. The summed E-state index contributed by atoms with van der Waals surface area (Å²) in [5.41, 5.74) is 0.269. The first-order valence-electron chi connectivity index (χ1n) is 9.52. The first-order chi connectivity index (χ1) is 15.8. The highest BCUT2D eigenvalue weighted by Crippen LogP contribution is 2.49. The van der Waals surface area contributed by atoms with Gasteiger partial charge in [-0.1, -0.05) is 58.5 Å². The number of β-lactam (4-membered cyclic amide) rings is 1. The van der Waals surface area contributed by atoms with E-state index < -0.39 is 29.8 Å². The summed E-state index contributed by atoms with van der Waals surface area (Å²) in [6, 6.07) is 8.96. The Kier molecular flexibility index (Phi) is 5.58. The van der Waals surface area contributed by atoms with E-state index >= 15 is 0 Å². The third-order valence-electron chi connectivity index (χ3n) is 5.64. The fourth-order valence-electron chi connectivity index (χ4n) is 4.14. The number of fused-ring (bicyclic) bond motifs is 1. The van der Waals surface area contributed by atoms with E-state index in [-0.39, 0.29) is 31.2 Å². The van der Waals surface area contributed by atoms with Gasteiger partial charge in [0.2, 0.25) is 0 Å². The Morgan fingerprint density at radius 2 is 1.45 bits per heavy atom. The molecular formula is C22H12Cl4N2O4S. The number of benzene rings is 2. The van der Waals surface area contributed by atoms with Crippen LogP contribution in [0.15, 0.2) is 41.8 Å². The Morgan fingerprint density at radius 3 is 2.00 bits per heavy atom. The molecule has 1 aromatic heterocycles. The fourth-order valence-corrected chi connectivity index (χ4v) is 5.99. The third-order valence-corrected chi connectivity index (χ3v) is 8.39. The van der Waals surface area contributed by atoms with E-state index in [1.54, 1.807) is 24.3 Å². The van der Waals surface area contributed by atoms with E-state index in [1.807, 2.05) is 17.5 Å². The summed E-state index contributed by atoms with van der Waals surface area (Å²) in [6.45, 7) is 0. The van der Waals surface area contributed by atoms with E-state index in [2.05, 4.69) is 0 Å². The zero-order chi connectivity index (χ0) is 23.6. The Morgan fingerprint density at radius 1 is 0.818 bits per heavy atom. The van der Waals surface area contributed by atoms with Crippen molar-refractivity contribution in [1.82, 2.24) is 4.90 Å². The van der Waals surface area contributed by atoms with E-state index in [1.165, 1.54) is 23.3 Å². The van der Waals surface area contributed by atoms with Crippen LogP contribution in [0.2, 0.25) is 20.1 Å². The molecule has 5 rings (SSSR count). The van der Waals surface area contributed by atoms with Crippen LogP contribution in [0.3, 0.4) is 0 Å². The first kappa shape index (κ1) is 22.5. The number of nitrogens with zero attached hydrogens (tertiary/aromatic N) is 2. The highest BCUT2D eigenvalue weighted by atomic mass is 35.5. The summed E-state index contributed by atoms with van der Waals surface area (Å²) in [5.74, 6) is -1.35. The summed E-state index contributed by atoms with van der Waals surface area (Å²) >= 11 is 26.1. The van der Waals surface area contributed by atoms with Gasteiger partial charge in [-0.3, -0.25) is 24.2 Å². The number of rotatable bonds is 4. The minimum Gasteiger partial charge on any atom is -0.497 e. The lowest BCUT2D eigenvalue weighted by Gasteiger charge is -2.49. The highest BCUT2D eigenvalue weighted by molar-refractivity contribution is 7.10. The summed E-state index contributed by atoms with van der Waals surface area (Å²) in [7, 11) is 1.53. The predicted octanol–water partition coefficient (Wildman–Crippen LogP) is 6.12. The smallest absolute Gasteiger partial charge is 0.264 e. The second-order valence-electron chi connectivity index (χ2n) is 7.30. The number of halogens is 4. The molecule has 0 unspecified atom stereocenters. The molecule has 0 bridgehead atoms. The van der Waals surface area contributed by atoms with Gasteiger partial charge in [-0.05, 0) is 23.6 Å². The molecule has 0 spiro atoms. The molecule has 1 saturated heterocycles. The van der Waals surface area contributed by atoms with E-state index in [0.29, 0.717) is 11.4 Å². The van der Waals surface area contributed by atoms with Crippen LogP contribution in [0.4, 0.5) is 5.69 Å². The van der Waals surface area contributed by atoms with Crippen LogP contribution >= 0.6 is 57.7 Å². The number of hydrogen-bond donors (Lipinski definition) is 0. The molecule has 2 aliphatic rings. The van der Waals surface area contributed by atoms with Gasteiger partial charge < -0.3 is 4.74 Å². The molecule has 0 radical (unpaired) electrons. The quantitative estimate of drug-likeness (QED) is 0.173. The molecule has 2 aromatic carbocycles. The fraction of sp³-hybridized carbons (Fsp3) is 0.136. The molecule has 0 saturated carbocycles. The van der Waals surface area contributed by atoms with Crippen LogP contribution in [0.25, 0.3) is 0 Å². The minimum atomic E-state index is -1.09. The zero-order valence-electron chi connectivity index (χ0n) is 16.6. The number of carbonyl (C=O) groups is 3. The Bertz CT molecular complexity index is 1300. The van der Waals surface area contributed by atoms with Gasteiger partial charge in [0, 0.05) is 16.6 Å². The lowest BCUT2D eigenvalue weighted by molar-refractivity contribution is -0.130. The van der Waals surface area contributed by atoms with Crippen LogP contribution < -0.4 is 9.64 Å². The summed E-state index contributed by atoms with van der Waals surface area (Å²) in [5, 5.41) is 1.25. The number of ether oxygens (including phenoxy) is 1. The Balaban J connectivity index is 1.61. The van der Waals surface area contributed by atoms with Gasteiger partial charge in [-0.25, -0.2) is 0 Å². The lowest BCUT2D eigenvalue weighted by Crippen LogP contribution is -2.67. The van der Waals surface area contributed by atoms with Crippen LogP contribution in [0.1, 0.15) is 31.6 Å². The van der Waals surface area contributed by atoms with Crippen molar-refractivity contribution < 1.29 is 19.1 Å². The van der Waals surface area contributed by atoms with Crippen LogP contribution in [-0.4, -0.2) is 35.8 Å². The van der Waals surface area contributed by atoms with E-state index in [9.17, 15) is 14.4 Å². The molecule has 2 atom stereocenters. The van der Waals surface area contributed by atoms with Crippen molar-refractivity contribution in [3.8, 4) is 5.75 Å². The van der Waals surface area contributed by atoms with Crippen molar-refractivity contribution >= 4 is 81.1 Å². The monoisotopic (exact) mass is 540 g/mol. The molecule has 0 aliphatic carbocycles. The molecule has 33 heavy (non-hydrogen) atoms. The number of thiophene rings is 1. The Labute approximate surface area is 212 Å². The minimum absolute atomic E-state index is 0.127. The molecule has 11 heteroatoms. The van der Waals surface area contributed by atoms with Gasteiger partial charge in [0.1, 0.15) is 17.8 Å². The van der Waals surface area contributed by atoms with Gasteiger partial charge in [0.05, 0.1) is 38.3 Å². The van der Waals surface area contributed by atoms with Gasteiger partial charge in [0.25, 0.3) is 17.7 Å². The van der Waals surface area contributed by atoms with Crippen molar-refractivity contribution in [1.29, 1.82) is 0 Å². The molecule has 0 N–H and O–H groups in total.